The van der Waals surface area contributed by atoms with Gasteiger partial charge in [-0.05, 0) is 36.8 Å². The number of ether oxygens (including phenoxy) is 1. The first-order valence-electron chi connectivity index (χ1n) is 7.42. The first-order valence-corrected chi connectivity index (χ1v) is 9.98. The number of carbonyl (C=O) groups is 1. The summed E-state index contributed by atoms with van der Waals surface area (Å²) in [7, 11) is -4.15. The van der Waals surface area contributed by atoms with E-state index in [1.165, 1.54) is 36.4 Å². The zero-order valence-corrected chi connectivity index (χ0v) is 15.7. The molecule has 0 aromatic heterocycles. The largest absolute Gasteiger partial charge is 0.446 e. The van der Waals surface area contributed by atoms with Crippen molar-refractivity contribution in [1.82, 2.24) is 4.31 Å². The van der Waals surface area contributed by atoms with Crippen LogP contribution < -0.4 is 0 Å². The molecule has 1 amide bonds. The summed E-state index contributed by atoms with van der Waals surface area (Å²) in [5.74, 6) is -0.452. The van der Waals surface area contributed by atoms with E-state index in [0.29, 0.717) is 5.56 Å². The Bertz CT molecular complexity index is 899. The molecule has 0 bridgehead atoms. The minimum atomic E-state index is -4.15. The molecule has 0 radical (unpaired) electrons. The fourth-order valence-corrected chi connectivity index (χ4v) is 5.27. The molecule has 25 heavy (non-hydrogen) atoms. The van der Waals surface area contributed by atoms with E-state index in [9.17, 15) is 17.6 Å². The lowest BCUT2D eigenvalue weighted by Gasteiger charge is -2.33. The molecular weight excluding hydrogens is 413 g/mol. The number of hydrogen-bond donors (Lipinski definition) is 0. The molecular formula is C17H15BrFNO4S. The molecule has 1 atom stereocenters. The van der Waals surface area contributed by atoms with Gasteiger partial charge in [0.05, 0.1) is 4.90 Å². The Kier molecular flexibility index (Phi) is 4.59. The third-order valence-corrected chi connectivity index (χ3v) is 6.93. The SMILES string of the molecule is Cc1ccc(S(=O)(=O)N2C(=O)OCC2(CBr)c2ccc(F)cc2)cc1. The normalized spacial score (nSPS) is 20.6. The van der Waals surface area contributed by atoms with Crippen molar-refractivity contribution in [1.29, 1.82) is 0 Å². The minimum Gasteiger partial charge on any atom is -0.446 e. The van der Waals surface area contributed by atoms with Crippen molar-refractivity contribution in [3.8, 4) is 0 Å². The van der Waals surface area contributed by atoms with Crippen LogP contribution in [0.4, 0.5) is 9.18 Å². The smallest absolute Gasteiger partial charge is 0.424 e. The molecule has 0 spiro atoms. The first-order chi connectivity index (χ1) is 11.8. The average molecular weight is 428 g/mol. The molecule has 0 N–H and O–H groups in total. The average Bonchev–Trinajstić information content (AvgIpc) is 2.94. The molecule has 0 saturated carbocycles. The van der Waals surface area contributed by atoms with Crippen LogP contribution in [0.5, 0.6) is 0 Å². The molecule has 3 rings (SSSR count). The van der Waals surface area contributed by atoms with Crippen molar-refractivity contribution >= 4 is 32.0 Å². The number of carbonyl (C=O) groups excluding carboxylic acids is 1. The molecule has 1 fully saturated rings. The van der Waals surface area contributed by atoms with Gasteiger partial charge in [0.2, 0.25) is 0 Å². The highest BCUT2D eigenvalue weighted by Crippen LogP contribution is 2.40. The predicted molar refractivity (Wildman–Crippen MR) is 93.4 cm³/mol. The van der Waals surface area contributed by atoms with Crippen LogP contribution in [0.3, 0.4) is 0 Å². The molecule has 2 aromatic carbocycles. The Hall–Kier alpha value is -1.93. The van der Waals surface area contributed by atoms with Crippen molar-refractivity contribution in [2.45, 2.75) is 17.4 Å². The number of nitrogens with zero attached hydrogens (tertiary/aromatic N) is 1. The molecule has 1 aliphatic heterocycles. The lowest BCUT2D eigenvalue weighted by molar-refractivity contribution is 0.169. The summed E-state index contributed by atoms with van der Waals surface area (Å²) >= 11 is 3.30. The lowest BCUT2D eigenvalue weighted by Crippen LogP contribution is -2.49. The monoisotopic (exact) mass is 427 g/mol. The molecule has 1 heterocycles. The summed E-state index contributed by atoms with van der Waals surface area (Å²) in [6.45, 7) is 1.68. The van der Waals surface area contributed by atoms with Gasteiger partial charge in [0.25, 0.3) is 10.0 Å². The zero-order chi connectivity index (χ0) is 18.2. The van der Waals surface area contributed by atoms with Crippen LogP contribution >= 0.6 is 15.9 Å². The molecule has 2 aromatic rings. The van der Waals surface area contributed by atoms with Crippen molar-refractivity contribution in [3.63, 3.8) is 0 Å². The van der Waals surface area contributed by atoms with Gasteiger partial charge < -0.3 is 4.74 Å². The van der Waals surface area contributed by atoms with Crippen LogP contribution in [0, 0.1) is 12.7 Å². The van der Waals surface area contributed by atoms with Crippen molar-refractivity contribution in [2.24, 2.45) is 0 Å². The van der Waals surface area contributed by atoms with Crippen molar-refractivity contribution < 1.29 is 22.3 Å². The number of sulfonamides is 1. The van der Waals surface area contributed by atoms with E-state index < -0.39 is 27.5 Å². The van der Waals surface area contributed by atoms with Crippen LogP contribution in [0.25, 0.3) is 0 Å². The highest BCUT2D eigenvalue weighted by atomic mass is 79.9. The van der Waals surface area contributed by atoms with E-state index in [2.05, 4.69) is 15.9 Å². The lowest BCUT2D eigenvalue weighted by atomic mass is 9.94. The molecule has 5 nitrogen and oxygen atoms in total. The van der Waals surface area contributed by atoms with Crippen LogP contribution in [-0.2, 0) is 20.3 Å². The zero-order valence-electron chi connectivity index (χ0n) is 13.3. The van der Waals surface area contributed by atoms with E-state index in [1.54, 1.807) is 12.1 Å². The number of halogens is 2. The highest BCUT2D eigenvalue weighted by Gasteiger charge is 2.54. The minimum absolute atomic E-state index is 0.00983. The Balaban J connectivity index is 2.15. The fourth-order valence-electron chi connectivity index (χ4n) is 2.75. The van der Waals surface area contributed by atoms with Crippen LogP contribution in [0.15, 0.2) is 53.4 Å². The number of amides is 1. The maximum Gasteiger partial charge on any atom is 0.424 e. The molecule has 0 aliphatic carbocycles. The number of aryl methyl sites for hydroxylation is 1. The second kappa shape index (κ2) is 6.42. The van der Waals surface area contributed by atoms with Crippen molar-refractivity contribution in [3.05, 3.63) is 65.5 Å². The summed E-state index contributed by atoms with van der Waals surface area (Å²) in [6.07, 6.45) is -0.954. The topological polar surface area (TPSA) is 63.7 Å². The van der Waals surface area contributed by atoms with Gasteiger partial charge >= 0.3 is 6.09 Å². The third kappa shape index (κ3) is 2.93. The second-order valence-electron chi connectivity index (χ2n) is 5.81. The number of cyclic esters (lactones) is 1. The molecule has 1 saturated heterocycles. The standard InChI is InChI=1S/C17H15BrFNO4S/c1-12-2-8-15(9-3-12)25(22,23)20-16(21)24-11-17(20,10-18)13-4-6-14(19)7-5-13/h2-9H,10-11H2,1H3. The molecule has 1 unspecified atom stereocenters. The number of alkyl halides is 1. The number of benzene rings is 2. The van der Waals surface area contributed by atoms with Gasteiger partial charge in [-0.3, -0.25) is 0 Å². The van der Waals surface area contributed by atoms with E-state index in [1.807, 2.05) is 6.92 Å². The fraction of sp³-hybridized carbons (Fsp3) is 0.235. The maximum atomic E-state index is 13.3. The first kappa shape index (κ1) is 17.9. The molecule has 132 valence electrons. The maximum absolute atomic E-state index is 13.3. The van der Waals surface area contributed by atoms with Gasteiger partial charge in [0, 0.05) is 5.33 Å². The molecule has 8 heteroatoms. The summed E-state index contributed by atoms with van der Waals surface area (Å²) < 4.78 is 45.3. The Morgan fingerprint density at radius 1 is 1.16 bits per heavy atom. The Labute approximate surface area is 153 Å². The predicted octanol–water partition coefficient (Wildman–Crippen LogP) is 3.57. The van der Waals surface area contributed by atoms with Gasteiger partial charge in [0.15, 0.2) is 0 Å². The second-order valence-corrected chi connectivity index (χ2v) is 8.16. The summed E-state index contributed by atoms with van der Waals surface area (Å²) in [6, 6.07) is 11.6. The number of rotatable bonds is 4. The third-order valence-electron chi connectivity index (χ3n) is 4.15. The van der Waals surface area contributed by atoms with Gasteiger partial charge in [-0.15, -0.1) is 0 Å². The van der Waals surface area contributed by atoms with E-state index in [0.717, 1.165) is 9.87 Å². The van der Waals surface area contributed by atoms with Crippen LogP contribution in [0.2, 0.25) is 0 Å². The van der Waals surface area contributed by atoms with E-state index in [-0.39, 0.29) is 16.8 Å². The van der Waals surface area contributed by atoms with Crippen molar-refractivity contribution in [2.75, 3.05) is 11.9 Å². The summed E-state index contributed by atoms with van der Waals surface area (Å²) in [5, 5.41) is 0.114. The van der Waals surface area contributed by atoms with Gasteiger partial charge in [-0.2, -0.15) is 4.31 Å². The highest BCUT2D eigenvalue weighted by molar-refractivity contribution is 9.09. The number of hydrogen-bond acceptors (Lipinski definition) is 4. The van der Waals surface area contributed by atoms with Gasteiger partial charge in [-0.25, -0.2) is 17.6 Å². The van der Waals surface area contributed by atoms with Gasteiger partial charge in [-0.1, -0.05) is 45.8 Å². The van der Waals surface area contributed by atoms with E-state index in [4.69, 9.17) is 4.74 Å². The quantitative estimate of drug-likeness (QED) is 0.699. The van der Waals surface area contributed by atoms with Gasteiger partial charge in [0.1, 0.15) is 18.0 Å². The summed E-state index contributed by atoms with van der Waals surface area (Å²) in [4.78, 5) is 12.3. The van der Waals surface area contributed by atoms with Crippen LogP contribution in [0.1, 0.15) is 11.1 Å². The Morgan fingerprint density at radius 3 is 2.32 bits per heavy atom. The Morgan fingerprint density at radius 2 is 1.76 bits per heavy atom. The van der Waals surface area contributed by atoms with E-state index >= 15 is 0 Å². The molecule has 1 aliphatic rings. The summed E-state index contributed by atoms with van der Waals surface area (Å²) in [5.41, 5.74) is 0.0784. The van der Waals surface area contributed by atoms with Crippen LogP contribution in [-0.4, -0.2) is 30.8 Å².